The van der Waals surface area contributed by atoms with E-state index < -0.39 is 0 Å². The van der Waals surface area contributed by atoms with Gasteiger partial charge in [0.05, 0.1) is 23.1 Å². The number of rotatable bonds is 8. The summed E-state index contributed by atoms with van der Waals surface area (Å²) in [7, 11) is 0. The number of halogens is 1. The number of aromatic nitrogens is 2. The Kier molecular flexibility index (Phi) is 6.66. The van der Waals surface area contributed by atoms with Crippen molar-refractivity contribution in [3.05, 3.63) is 82.6 Å². The molecule has 27 heavy (non-hydrogen) atoms. The number of carbonyl (C=O) groups is 1. The number of carbonyl (C=O) groups excluding carboxylic acids is 1. The molecule has 3 rings (SSSR count). The Morgan fingerprint density at radius 3 is 2.52 bits per heavy atom. The van der Waals surface area contributed by atoms with Crippen LogP contribution >= 0.6 is 11.6 Å². The van der Waals surface area contributed by atoms with Gasteiger partial charge in [-0.25, -0.2) is 4.68 Å². The summed E-state index contributed by atoms with van der Waals surface area (Å²) in [5.74, 6) is -0.0632. The topological polar surface area (TPSA) is 46.9 Å². The van der Waals surface area contributed by atoms with Gasteiger partial charge < -0.3 is 5.32 Å². The molecule has 2 aromatic carbocycles. The molecule has 1 aromatic heterocycles. The summed E-state index contributed by atoms with van der Waals surface area (Å²) in [5, 5.41) is 8.15. The Bertz CT molecular complexity index is 872. The van der Waals surface area contributed by atoms with E-state index in [-0.39, 0.29) is 5.91 Å². The standard InChI is InChI=1S/C22H24ClN3O/c1-2-7-21-20(16-25-26(21)19-13-11-18(23)12-14-19)22(27)24-15-6-10-17-8-4-3-5-9-17/h3-5,8-9,11-14,16H,2,6-7,10,15H2,1H3,(H,24,27). The summed E-state index contributed by atoms with van der Waals surface area (Å²) in [5.41, 5.74) is 3.77. The molecule has 0 aliphatic carbocycles. The zero-order chi connectivity index (χ0) is 19.1. The zero-order valence-electron chi connectivity index (χ0n) is 15.5. The molecule has 140 valence electrons. The minimum atomic E-state index is -0.0632. The third-order valence-electron chi connectivity index (χ3n) is 4.44. The average Bonchev–Trinajstić information content (AvgIpc) is 3.10. The molecule has 0 spiro atoms. The fraction of sp³-hybridized carbons (Fsp3) is 0.273. The number of nitrogens with zero attached hydrogens (tertiary/aromatic N) is 2. The number of amides is 1. The van der Waals surface area contributed by atoms with Gasteiger partial charge in [-0.3, -0.25) is 4.79 Å². The molecule has 1 N–H and O–H groups in total. The Morgan fingerprint density at radius 1 is 1.07 bits per heavy atom. The minimum absolute atomic E-state index is 0.0632. The van der Waals surface area contributed by atoms with Crippen LogP contribution in [-0.2, 0) is 12.8 Å². The molecule has 0 fully saturated rings. The molecule has 0 unspecified atom stereocenters. The van der Waals surface area contributed by atoms with E-state index in [4.69, 9.17) is 11.6 Å². The maximum atomic E-state index is 12.7. The Labute approximate surface area is 165 Å². The number of benzene rings is 2. The largest absolute Gasteiger partial charge is 0.352 e. The first-order valence-electron chi connectivity index (χ1n) is 9.34. The lowest BCUT2D eigenvalue weighted by Crippen LogP contribution is -2.25. The van der Waals surface area contributed by atoms with Crippen molar-refractivity contribution in [3.63, 3.8) is 0 Å². The first kappa shape index (κ1) is 19.2. The fourth-order valence-electron chi connectivity index (χ4n) is 3.08. The molecular formula is C22H24ClN3O. The van der Waals surface area contributed by atoms with Crippen LogP contribution in [0.4, 0.5) is 0 Å². The van der Waals surface area contributed by atoms with Crippen molar-refractivity contribution in [2.24, 2.45) is 0 Å². The molecule has 0 radical (unpaired) electrons. The van der Waals surface area contributed by atoms with Crippen LogP contribution in [0.25, 0.3) is 5.69 Å². The first-order valence-corrected chi connectivity index (χ1v) is 9.71. The second-order valence-electron chi connectivity index (χ2n) is 6.49. The predicted molar refractivity (Wildman–Crippen MR) is 110 cm³/mol. The van der Waals surface area contributed by atoms with E-state index in [1.807, 2.05) is 47.1 Å². The summed E-state index contributed by atoms with van der Waals surface area (Å²) in [6.07, 6.45) is 5.24. The maximum Gasteiger partial charge on any atom is 0.254 e. The molecule has 0 saturated carbocycles. The van der Waals surface area contributed by atoms with Crippen LogP contribution in [0.15, 0.2) is 60.8 Å². The van der Waals surface area contributed by atoms with Crippen molar-refractivity contribution in [2.45, 2.75) is 32.6 Å². The number of nitrogens with one attached hydrogen (secondary N) is 1. The Morgan fingerprint density at radius 2 is 1.81 bits per heavy atom. The lowest BCUT2D eigenvalue weighted by atomic mass is 10.1. The van der Waals surface area contributed by atoms with Crippen LogP contribution in [0.1, 0.15) is 41.4 Å². The van der Waals surface area contributed by atoms with Gasteiger partial charge in [0.25, 0.3) is 5.91 Å². The van der Waals surface area contributed by atoms with Crippen LogP contribution in [0.2, 0.25) is 5.02 Å². The Hall–Kier alpha value is -2.59. The summed E-state index contributed by atoms with van der Waals surface area (Å²) in [4.78, 5) is 12.7. The lowest BCUT2D eigenvalue weighted by Gasteiger charge is -2.10. The third-order valence-corrected chi connectivity index (χ3v) is 4.69. The summed E-state index contributed by atoms with van der Waals surface area (Å²) >= 11 is 5.98. The first-order chi connectivity index (χ1) is 13.2. The second-order valence-corrected chi connectivity index (χ2v) is 6.92. The van der Waals surface area contributed by atoms with Crippen molar-refractivity contribution >= 4 is 17.5 Å². The molecule has 1 heterocycles. The molecule has 0 aliphatic heterocycles. The van der Waals surface area contributed by atoms with Gasteiger partial charge in [-0.05, 0) is 49.1 Å². The Balaban J connectivity index is 1.66. The van der Waals surface area contributed by atoms with Crippen molar-refractivity contribution < 1.29 is 4.79 Å². The molecule has 1 amide bonds. The summed E-state index contributed by atoms with van der Waals surface area (Å²) in [6, 6.07) is 17.8. The van der Waals surface area contributed by atoms with Gasteiger partial charge in [0.15, 0.2) is 0 Å². The summed E-state index contributed by atoms with van der Waals surface area (Å²) in [6.45, 7) is 2.74. The monoisotopic (exact) mass is 381 g/mol. The van der Waals surface area contributed by atoms with Gasteiger partial charge >= 0.3 is 0 Å². The number of hydrogen-bond acceptors (Lipinski definition) is 2. The highest BCUT2D eigenvalue weighted by atomic mass is 35.5. The van der Waals surface area contributed by atoms with Gasteiger partial charge in [0.1, 0.15) is 0 Å². The highest BCUT2D eigenvalue weighted by molar-refractivity contribution is 6.30. The fourth-order valence-corrected chi connectivity index (χ4v) is 3.21. The molecule has 0 atom stereocenters. The molecule has 0 aliphatic rings. The van der Waals surface area contributed by atoms with Crippen molar-refractivity contribution in [2.75, 3.05) is 6.54 Å². The van der Waals surface area contributed by atoms with E-state index in [9.17, 15) is 4.79 Å². The third kappa shape index (κ3) is 4.98. The quantitative estimate of drug-likeness (QED) is 0.567. The summed E-state index contributed by atoms with van der Waals surface area (Å²) < 4.78 is 1.83. The van der Waals surface area contributed by atoms with E-state index in [1.165, 1.54) is 5.56 Å². The van der Waals surface area contributed by atoms with Gasteiger partial charge in [-0.2, -0.15) is 5.10 Å². The normalized spacial score (nSPS) is 10.7. The van der Waals surface area contributed by atoms with E-state index >= 15 is 0 Å². The van der Waals surface area contributed by atoms with Crippen LogP contribution in [0.5, 0.6) is 0 Å². The van der Waals surface area contributed by atoms with Gasteiger partial charge in [-0.15, -0.1) is 0 Å². The minimum Gasteiger partial charge on any atom is -0.352 e. The molecule has 3 aromatic rings. The van der Waals surface area contributed by atoms with Gasteiger partial charge in [0.2, 0.25) is 0 Å². The van der Waals surface area contributed by atoms with E-state index in [2.05, 4.69) is 29.5 Å². The predicted octanol–water partition coefficient (Wildman–Crippen LogP) is 4.84. The SMILES string of the molecule is CCCc1c(C(=O)NCCCc2ccccc2)cnn1-c1ccc(Cl)cc1. The van der Waals surface area contributed by atoms with Crippen molar-refractivity contribution in [1.82, 2.24) is 15.1 Å². The van der Waals surface area contributed by atoms with E-state index in [1.54, 1.807) is 6.20 Å². The van der Waals surface area contributed by atoms with Crippen LogP contribution in [0, 0.1) is 0 Å². The van der Waals surface area contributed by atoms with E-state index in [0.717, 1.165) is 37.1 Å². The molecular weight excluding hydrogens is 358 g/mol. The molecule has 0 saturated heterocycles. The highest BCUT2D eigenvalue weighted by Crippen LogP contribution is 2.19. The highest BCUT2D eigenvalue weighted by Gasteiger charge is 2.17. The van der Waals surface area contributed by atoms with Crippen LogP contribution in [0.3, 0.4) is 0 Å². The van der Waals surface area contributed by atoms with Crippen LogP contribution < -0.4 is 5.32 Å². The lowest BCUT2D eigenvalue weighted by molar-refractivity contribution is 0.0952. The second kappa shape index (κ2) is 9.38. The molecule has 4 nitrogen and oxygen atoms in total. The zero-order valence-corrected chi connectivity index (χ0v) is 16.2. The number of aryl methyl sites for hydroxylation is 1. The molecule has 5 heteroatoms. The number of hydrogen-bond donors (Lipinski definition) is 1. The average molecular weight is 382 g/mol. The van der Waals surface area contributed by atoms with Crippen LogP contribution in [-0.4, -0.2) is 22.2 Å². The van der Waals surface area contributed by atoms with Crippen molar-refractivity contribution in [3.8, 4) is 5.69 Å². The smallest absolute Gasteiger partial charge is 0.254 e. The molecule has 0 bridgehead atoms. The van der Waals surface area contributed by atoms with Gasteiger partial charge in [0, 0.05) is 11.6 Å². The van der Waals surface area contributed by atoms with Gasteiger partial charge in [-0.1, -0.05) is 55.3 Å². The van der Waals surface area contributed by atoms with Crippen molar-refractivity contribution in [1.29, 1.82) is 0 Å². The van der Waals surface area contributed by atoms with E-state index in [0.29, 0.717) is 17.1 Å². The maximum absolute atomic E-state index is 12.7.